The maximum Gasteiger partial charge on any atom is 0.258 e. The second-order valence-electron chi connectivity index (χ2n) is 5.46. The maximum atomic E-state index is 12.1. The van der Waals surface area contributed by atoms with Crippen LogP contribution in [0.2, 0.25) is 0 Å². The molecule has 112 valence electrons. The van der Waals surface area contributed by atoms with Crippen LogP contribution in [-0.2, 0) is 6.42 Å². The number of aromatic nitrogens is 3. The summed E-state index contributed by atoms with van der Waals surface area (Å²) < 4.78 is 2.06. The van der Waals surface area contributed by atoms with E-state index in [1.165, 1.54) is 0 Å². The Labute approximate surface area is 133 Å². The van der Waals surface area contributed by atoms with E-state index in [2.05, 4.69) is 38.8 Å². The normalized spacial score (nSPS) is 11.0. The van der Waals surface area contributed by atoms with Gasteiger partial charge in [0.2, 0.25) is 0 Å². The van der Waals surface area contributed by atoms with Crippen LogP contribution in [0.3, 0.4) is 0 Å². The number of benzene rings is 2. The van der Waals surface area contributed by atoms with E-state index in [1.54, 1.807) is 6.07 Å². The zero-order valence-electron chi connectivity index (χ0n) is 12.4. The summed E-state index contributed by atoms with van der Waals surface area (Å²) in [7, 11) is 0. The van der Waals surface area contributed by atoms with Gasteiger partial charge < -0.3 is 9.55 Å². The number of H-pyrrole nitrogens is 1. The molecule has 0 aliphatic carbocycles. The van der Waals surface area contributed by atoms with Crippen molar-refractivity contribution in [3.63, 3.8) is 0 Å². The molecule has 0 aliphatic rings. The minimum atomic E-state index is -0.0884. The Morgan fingerprint density at radius 3 is 2.43 bits per heavy atom. The molecule has 1 N–H and O–H groups in total. The van der Waals surface area contributed by atoms with E-state index in [0.29, 0.717) is 17.6 Å². The van der Waals surface area contributed by atoms with E-state index in [-0.39, 0.29) is 5.56 Å². The summed E-state index contributed by atoms with van der Waals surface area (Å²) in [5, 5.41) is 0.624. The van der Waals surface area contributed by atoms with Gasteiger partial charge in [-0.1, -0.05) is 24.3 Å². The van der Waals surface area contributed by atoms with Crippen LogP contribution >= 0.6 is 0 Å². The van der Waals surface area contributed by atoms with Gasteiger partial charge in [0.25, 0.3) is 5.56 Å². The van der Waals surface area contributed by atoms with Crippen LogP contribution in [0.1, 0.15) is 11.4 Å². The van der Waals surface area contributed by atoms with Crippen LogP contribution in [0.5, 0.6) is 0 Å². The van der Waals surface area contributed by atoms with Gasteiger partial charge in [-0.15, -0.1) is 0 Å². The first-order valence-electron chi connectivity index (χ1n) is 7.50. The first kappa shape index (κ1) is 13.5. The number of fused-ring (bicyclic) bond motifs is 1. The smallest absolute Gasteiger partial charge is 0.258 e. The predicted molar refractivity (Wildman–Crippen MR) is 90.9 cm³/mol. The second-order valence-corrected chi connectivity index (χ2v) is 5.46. The molecule has 2 aromatic heterocycles. The van der Waals surface area contributed by atoms with Crippen molar-refractivity contribution < 1.29 is 0 Å². The van der Waals surface area contributed by atoms with Gasteiger partial charge in [-0.05, 0) is 42.0 Å². The summed E-state index contributed by atoms with van der Waals surface area (Å²) in [6.45, 7) is 0. The third-order valence-corrected chi connectivity index (χ3v) is 3.87. The molecule has 0 saturated heterocycles. The Kier molecular flexibility index (Phi) is 3.27. The molecular formula is C19H15N3O. The van der Waals surface area contributed by atoms with Gasteiger partial charge in [-0.2, -0.15) is 0 Å². The average molecular weight is 301 g/mol. The zero-order chi connectivity index (χ0) is 15.6. The number of hydrogen-bond donors (Lipinski definition) is 1. The lowest BCUT2D eigenvalue weighted by Crippen LogP contribution is -2.12. The molecule has 4 nitrogen and oxygen atoms in total. The second kappa shape index (κ2) is 5.57. The van der Waals surface area contributed by atoms with Crippen molar-refractivity contribution >= 4 is 10.9 Å². The van der Waals surface area contributed by atoms with Crippen LogP contribution in [0.4, 0.5) is 0 Å². The molecular weight excluding hydrogens is 286 g/mol. The molecule has 0 spiro atoms. The monoisotopic (exact) mass is 301 g/mol. The highest BCUT2D eigenvalue weighted by Crippen LogP contribution is 2.13. The molecule has 0 fully saturated rings. The lowest BCUT2D eigenvalue weighted by molar-refractivity contribution is 0.970. The van der Waals surface area contributed by atoms with Crippen molar-refractivity contribution in [3.8, 4) is 5.69 Å². The Balaban J connectivity index is 1.64. The number of rotatable bonds is 3. The maximum absolute atomic E-state index is 12.1. The summed E-state index contributed by atoms with van der Waals surface area (Å²) in [5.41, 5.74) is 2.86. The fourth-order valence-corrected chi connectivity index (χ4v) is 2.70. The molecule has 2 heterocycles. The van der Waals surface area contributed by atoms with Gasteiger partial charge in [-0.3, -0.25) is 4.79 Å². The molecule has 0 unspecified atom stereocenters. The van der Waals surface area contributed by atoms with Gasteiger partial charge in [0.15, 0.2) is 0 Å². The number of aromatic amines is 1. The van der Waals surface area contributed by atoms with Crippen molar-refractivity contribution in [2.75, 3.05) is 0 Å². The number of nitrogens with one attached hydrogen (secondary N) is 1. The highest BCUT2D eigenvalue weighted by Gasteiger charge is 2.04. The van der Waals surface area contributed by atoms with Gasteiger partial charge in [-0.25, -0.2) is 4.98 Å². The first-order chi connectivity index (χ1) is 11.3. The van der Waals surface area contributed by atoms with E-state index in [0.717, 1.165) is 16.8 Å². The summed E-state index contributed by atoms with van der Waals surface area (Å²) in [6, 6.07) is 19.6. The molecule has 0 radical (unpaired) electrons. The van der Waals surface area contributed by atoms with E-state index in [1.807, 2.05) is 42.7 Å². The number of nitrogens with zero attached hydrogens (tertiary/aromatic N) is 2. The van der Waals surface area contributed by atoms with Crippen LogP contribution in [0.15, 0.2) is 77.9 Å². The summed E-state index contributed by atoms with van der Waals surface area (Å²) in [5.74, 6) is 0.683. The van der Waals surface area contributed by atoms with Gasteiger partial charge >= 0.3 is 0 Å². The van der Waals surface area contributed by atoms with E-state index >= 15 is 0 Å². The highest BCUT2D eigenvalue weighted by molar-refractivity contribution is 5.77. The number of hydrogen-bond acceptors (Lipinski definition) is 2. The summed E-state index contributed by atoms with van der Waals surface area (Å²) in [4.78, 5) is 19.5. The lowest BCUT2D eigenvalue weighted by atomic mass is 10.1. The SMILES string of the molecule is O=c1[nH]c(Cc2ccc(-n3cccc3)cc2)nc2ccccc12. The highest BCUT2D eigenvalue weighted by atomic mass is 16.1. The van der Waals surface area contributed by atoms with Gasteiger partial charge in [0, 0.05) is 24.5 Å². The van der Waals surface area contributed by atoms with Gasteiger partial charge in [0.1, 0.15) is 5.82 Å². The van der Waals surface area contributed by atoms with Crippen LogP contribution < -0.4 is 5.56 Å². The molecule has 4 aromatic rings. The fourth-order valence-electron chi connectivity index (χ4n) is 2.70. The Morgan fingerprint density at radius 2 is 1.65 bits per heavy atom. The quantitative estimate of drug-likeness (QED) is 0.631. The molecule has 23 heavy (non-hydrogen) atoms. The molecule has 0 saturated carbocycles. The zero-order valence-corrected chi connectivity index (χ0v) is 12.4. The van der Waals surface area contributed by atoms with Crippen molar-refractivity contribution in [2.24, 2.45) is 0 Å². The molecule has 4 heteroatoms. The van der Waals surface area contributed by atoms with E-state index in [4.69, 9.17) is 0 Å². The minimum Gasteiger partial charge on any atom is -0.324 e. The Morgan fingerprint density at radius 1 is 0.913 bits per heavy atom. The fraction of sp³-hybridized carbons (Fsp3) is 0.0526. The topological polar surface area (TPSA) is 50.7 Å². The van der Waals surface area contributed by atoms with Crippen molar-refractivity contribution in [2.45, 2.75) is 6.42 Å². The standard InChI is InChI=1S/C19H15N3O/c23-19-16-5-1-2-6-17(16)20-18(21-19)13-14-7-9-15(10-8-14)22-11-3-4-12-22/h1-12H,13H2,(H,20,21,23). The average Bonchev–Trinajstić information content (AvgIpc) is 3.10. The van der Waals surface area contributed by atoms with E-state index in [9.17, 15) is 4.79 Å². The van der Waals surface area contributed by atoms with Crippen LogP contribution in [-0.4, -0.2) is 14.5 Å². The molecule has 0 atom stereocenters. The Bertz CT molecular complexity index is 999. The number of para-hydroxylation sites is 1. The largest absolute Gasteiger partial charge is 0.324 e. The predicted octanol–water partition coefficient (Wildman–Crippen LogP) is 3.30. The van der Waals surface area contributed by atoms with E-state index < -0.39 is 0 Å². The van der Waals surface area contributed by atoms with Crippen molar-refractivity contribution in [1.29, 1.82) is 0 Å². The summed E-state index contributed by atoms with van der Waals surface area (Å²) >= 11 is 0. The third kappa shape index (κ3) is 2.66. The molecule has 0 amide bonds. The Hall–Kier alpha value is -3.14. The molecule has 0 bridgehead atoms. The van der Waals surface area contributed by atoms with Crippen molar-refractivity contribution in [3.05, 3.63) is 94.8 Å². The summed E-state index contributed by atoms with van der Waals surface area (Å²) in [6.07, 6.45) is 4.63. The van der Waals surface area contributed by atoms with Crippen molar-refractivity contribution in [1.82, 2.24) is 14.5 Å². The van der Waals surface area contributed by atoms with Crippen LogP contribution in [0, 0.1) is 0 Å². The first-order valence-corrected chi connectivity index (χ1v) is 7.50. The minimum absolute atomic E-state index is 0.0884. The van der Waals surface area contributed by atoms with Crippen LogP contribution in [0.25, 0.3) is 16.6 Å². The lowest BCUT2D eigenvalue weighted by Gasteiger charge is -2.06. The molecule has 4 rings (SSSR count). The molecule has 2 aromatic carbocycles. The van der Waals surface area contributed by atoms with Gasteiger partial charge in [0.05, 0.1) is 10.9 Å². The molecule has 0 aliphatic heterocycles. The third-order valence-electron chi connectivity index (χ3n) is 3.87.